The van der Waals surface area contributed by atoms with E-state index in [1.54, 1.807) is 24.0 Å². The number of hydrogen-bond donors (Lipinski definition) is 2. The highest BCUT2D eigenvalue weighted by Gasteiger charge is 2.06. The van der Waals surface area contributed by atoms with Crippen molar-refractivity contribution in [3.63, 3.8) is 0 Å². The fourth-order valence-corrected chi connectivity index (χ4v) is 2.37. The van der Waals surface area contributed by atoms with Gasteiger partial charge in [-0.1, -0.05) is 11.8 Å². The molecule has 3 N–H and O–H groups in total. The van der Waals surface area contributed by atoms with E-state index in [0.717, 1.165) is 15.6 Å². The van der Waals surface area contributed by atoms with Crippen LogP contribution in [-0.4, -0.2) is 20.6 Å². The van der Waals surface area contributed by atoms with Gasteiger partial charge in [-0.2, -0.15) is 5.10 Å². The van der Waals surface area contributed by atoms with Crippen molar-refractivity contribution >= 4 is 17.6 Å². The van der Waals surface area contributed by atoms with E-state index in [-0.39, 0.29) is 5.84 Å². The van der Waals surface area contributed by atoms with Gasteiger partial charge < -0.3 is 5.73 Å². The summed E-state index contributed by atoms with van der Waals surface area (Å²) in [6.45, 7) is 1.96. The Kier molecular flexibility index (Phi) is 3.14. The van der Waals surface area contributed by atoms with Crippen LogP contribution in [0.1, 0.15) is 11.4 Å². The summed E-state index contributed by atoms with van der Waals surface area (Å²) in [5.41, 5.74) is 6.88. The van der Waals surface area contributed by atoms with Gasteiger partial charge in [0.25, 0.3) is 0 Å². The molecular weight excluding hydrogens is 234 g/mol. The molecule has 0 amide bonds. The molecule has 5 nitrogen and oxygen atoms in total. The number of nitrogens with zero attached hydrogens (tertiary/aromatic N) is 3. The molecule has 0 aliphatic rings. The molecule has 17 heavy (non-hydrogen) atoms. The first-order chi connectivity index (χ1) is 8.06. The van der Waals surface area contributed by atoms with Crippen LogP contribution in [0.4, 0.5) is 0 Å². The van der Waals surface area contributed by atoms with E-state index in [2.05, 4.69) is 10.1 Å². The number of aromatic nitrogens is 3. The van der Waals surface area contributed by atoms with Gasteiger partial charge in [-0.05, 0) is 25.1 Å². The van der Waals surface area contributed by atoms with Crippen molar-refractivity contribution in [2.24, 2.45) is 12.8 Å². The van der Waals surface area contributed by atoms with E-state index in [0.29, 0.717) is 5.69 Å². The fourth-order valence-electron chi connectivity index (χ4n) is 1.43. The van der Waals surface area contributed by atoms with Crippen molar-refractivity contribution in [1.29, 1.82) is 5.41 Å². The molecule has 0 radical (unpaired) electrons. The van der Waals surface area contributed by atoms with E-state index >= 15 is 0 Å². The minimum absolute atomic E-state index is 0.0198. The van der Waals surface area contributed by atoms with E-state index in [4.69, 9.17) is 11.1 Å². The van der Waals surface area contributed by atoms with Gasteiger partial charge in [0.15, 0.2) is 0 Å². The number of rotatable bonds is 3. The Morgan fingerprint density at radius 3 is 2.82 bits per heavy atom. The highest BCUT2D eigenvalue weighted by atomic mass is 32.2. The van der Waals surface area contributed by atoms with Gasteiger partial charge in [-0.3, -0.25) is 15.1 Å². The standard InChI is InChI=1S/C11H13N5S/c1-7-5-10(16(2)15-7)17-8-3-4-14-9(6-8)11(12)13/h3-6H,1-2H3,(H3,12,13). The Morgan fingerprint density at radius 2 is 2.24 bits per heavy atom. The van der Waals surface area contributed by atoms with Crippen molar-refractivity contribution in [3.05, 3.63) is 35.8 Å². The molecule has 0 fully saturated rings. The fraction of sp³-hybridized carbons (Fsp3) is 0.182. The summed E-state index contributed by atoms with van der Waals surface area (Å²) in [6, 6.07) is 5.70. The lowest BCUT2D eigenvalue weighted by molar-refractivity contribution is 0.692. The molecule has 0 aromatic carbocycles. The Balaban J connectivity index is 2.27. The molecular formula is C11H13N5S. The molecule has 0 spiro atoms. The summed E-state index contributed by atoms with van der Waals surface area (Å²) >= 11 is 1.57. The van der Waals surface area contributed by atoms with Gasteiger partial charge in [0.1, 0.15) is 11.5 Å². The number of aryl methyl sites for hydroxylation is 2. The van der Waals surface area contributed by atoms with Crippen LogP contribution < -0.4 is 5.73 Å². The maximum absolute atomic E-state index is 7.35. The summed E-state index contributed by atoms with van der Waals surface area (Å²) in [6.07, 6.45) is 1.66. The van der Waals surface area contributed by atoms with Crippen LogP contribution >= 0.6 is 11.8 Å². The molecule has 6 heteroatoms. The average molecular weight is 247 g/mol. The predicted molar refractivity (Wildman–Crippen MR) is 67.3 cm³/mol. The monoisotopic (exact) mass is 247 g/mol. The predicted octanol–water partition coefficient (Wildman–Crippen LogP) is 1.56. The first-order valence-corrected chi connectivity index (χ1v) is 5.87. The Labute approximate surface area is 104 Å². The summed E-state index contributed by atoms with van der Waals surface area (Å²) in [5, 5.41) is 12.7. The van der Waals surface area contributed by atoms with Crippen LogP contribution in [0.25, 0.3) is 0 Å². The quantitative estimate of drug-likeness (QED) is 0.637. The van der Waals surface area contributed by atoms with E-state index in [1.165, 1.54) is 0 Å². The largest absolute Gasteiger partial charge is 0.382 e. The summed E-state index contributed by atoms with van der Waals surface area (Å²) in [4.78, 5) is 5.02. The van der Waals surface area contributed by atoms with Gasteiger partial charge in [-0.25, -0.2) is 0 Å². The zero-order valence-electron chi connectivity index (χ0n) is 9.64. The second kappa shape index (κ2) is 4.58. The van der Waals surface area contributed by atoms with Crippen LogP contribution in [-0.2, 0) is 7.05 Å². The number of hydrogen-bond acceptors (Lipinski definition) is 4. The average Bonchev–Trinajstić information content (AvgIpc) is 2.58. The van der Waals surface area contributed by atoms with Crippen LogP contribution in [0.15, 0.2) is 34.3 Å². The van der Waals surface area contributed by atoms with E-state index < -0.39 is 0 Å². The maximum Gasteiger partial charge on any atom is 0.141 e. The molecule has 0 saturated carbocycles. The Bertz CT molecular complexity index is 561. The van der Waals surface area contributed by atoms with Crippen LogP contribution in [0.3, 0.4) is 0 Å². The minimum Gasteiger partial charge on any atom is -0.382 e. The van der Waals surface area contributed by atoms with Crippen molar-refractivity contribution in [2.45, 2.75) is 16.8 Å². The summed E-state index contributed by atoms with van der Waals surface area (Å²) < 4.78 is 1.83. The molecule has 0 aliphatic heterocycles. The van der Waals surface area contributed by atoms with Crippen LogP contribution in [0, 0.1) is 12.3 Å². The number of amidine groups is 1. The molecule has 2 aromatic heterocycles. The van der Waals surface area contributed by atoms with Crippen molar-refractivity contribution in [2.75, 3.05) is 0 Å². The smallest absolute Gasteiger partial charge is 0.141 e. The molecule has 2 heterocycles. The second-order valence-corrected chi connectivity index (χ2v) is 4.73. The number of nitrogens with two attached hydrogens (primary N) is 1. The third-order valence-corrected chi connectivity index (χ3v) is 3.27. The topological polar surface area (TPSA) is 80.6 Å². The molecule has 2 rings (SSSR count). The molecule has 0 unspecified atom stereocenters. The van der Waals surface area contributed by atoms with Crippen molar-refractivity contribution in [3.8, 4) is 0 Å². The minimum atomic E-state index is -0.0198. The second-order valence-electron chi connectivity index (χ2n) is 3.64. The normalized spacial score (nSPS) is 10.5. The van der Waals surface area contributed by atoms with Crippen LogP contribution in [0.2, 0.25) is 0 Å². The number of pyridine rings is 1. The molecule has 88 valence electrons. The van der Waals surface area contributed by atoms with Crippen molar-refractivity contribution in [1.82, 2.24) is 14.8 Å². The molecule has 0 bridgehead atoms. The molecule has 2 aromatic rings. The van der Waals surface area contributed by atoms with Crippen molar-refractivity contribution < 1.29 is 0 Å². The lowest BCUT2D eigenvalue weighted by atomic mass is 10.3. The number of nitrogens with one attached hydrogen (secondary N) is 1. The summed E-state index contributed by atoms with van der Waals surface area (Å²) in [5.74, 6) is -0.0198. The Hall–Kier alpha value is -1.82. The van der Waals surface area contributed by atoms with Gasteiger partial charge in [-0.15, -0.1) is 0 Å². The highest BCUT2D eigenvalue weighted by Crippen LogP contribution is 2.27. The zero-order chi connectivity index (χ0) is 12.4. The van der Waals surface area contributed by atoms with Gasteiger partial charge >= 0.3 is 0 Å². The third kappa shape index (κ3) is 2.65. The lowest BCUT2D eigenvalue weighted by Crippen LogP contribution is -2.12. The van der Waals surface area contributed by atoms with Crippen LogP contribution in [0.5, 0.6) is 0 Å². The highest BCUT2D eigenvalue weighted by molar-refractivity contribution is 7.99. The van der Waals surface area contributed by atoms with E-state index in [1.807, 2.05) is 30.8 Å². The van der Waals surface area contributed by atoms with E-state index in [9.17, 15) is 0 Å². The summed E-state index contributed by atoms with van der Waals surface area (Å²) in [7, 11) is 1.91. The maximum atomic E-state index is 7.35. The zero-order valence-corrected chi connectivity index (χ0v) is 10.5. The molecule has 0 saturated heterocycles. The Morgan fingerprint density at radius 1 is 1.47 bits per heavy atom. The molecule has 0 atom stereocenters. The number of nitrogen functional groups attached to an aromatic ring is 1. The SMILES string of the molecule is Cc1cc(Sc2ccnc(C(=N)N)c2)n(C)n1. The van der Waals surface area contributed by atoms with Gasteiger partial charge in [0, 0.05) is 18.1 Å². The lowest BCUT2D eigenvalue weighted by Gasteiger charge is -2.03. The first kappa shape index (κ1) is 11.7. The first-order valence-electron chi connectivity index (χ1n) is 5.05. The molecule has 0 aliphatic carbocycles. The van der Waals surface area contributed by atoms with Gasteiger partial charge in [0.2, 0.25) is 0 Å². The van der Waals surface area contributed by atoms with Gasteiger partial charge in [0.05, 0.1) is 10.7 Å². The third-order valence-electron chi connectivity index (χ3n) is 2.19.